The number of phenols is 1. The predicted molar refractivity (Wildman–Crippen MR) is 103 cm³/mol. The van der Waals surface area contributed by atoms with E-state index in [4.69, 9.17) is 9.47 Å². The Morgan fingerprint density at radius 2 is 2.00 bits per heavy atom. The Bertz CT molecular complexity index is 785. The molecule has 3 N–H and O–H groups in total. The number of aromatic hydroxyl groups is 1. The molecule has 1 fully saturated rings. The monoisotopic (exact) mass is 354 g/mol. The Kier molecular flexibility index (Phi) is 5.81. The second-order valence-electron chi connectivity index (χ2n) is 6.66. The Hall–Kier alpha value is -2.50. The van der Waals surface area contributed by atoms with E-state index >= 15 is 0 Å². The molecular weight excluding hydrogens is 328 g/mol. The molecule has 3 rings (SSSR count). The minimum Gasteiger partial charge on any atom is -0.507 e. The highest BCUT2D eigenvalue weighted by Gasteiger charge is 2.33. The van der Waals surface area contributed by atoms with Crippen LogP contribution in [-0.4, -0.2) is 25.4 Å². The first-order valence-electron chi connectivity index (χ1n) is 8.80. The number of nitrogens with one attached hydrogen (secondary N) is 2. The van der Waals surface area contributed by atoms with Gasteiger partial charge in [-0.15, -0.1) is 0 Å². The molecule has 0 aromatic heterocycles. The zero-order chi connectivity index (χ0) is 18.5. The van der Waals surface area contributed by atoms with Crippen LogP contribution in [0.25, 0.3) is 0 Å². The van der Waals surface area contributed by atoms with Gasteiger partial charge in [0.2, 0.25) is 0 Å². The average molecular weight is 354 g/mol. The summed E-state index contributed by atoms with van der Waals surface area (Å²) in [5, 5.41) is 10.6. The predicted octanol–water partition coefficient (Wildman–Crippen LogP) is 3.68. The number of rotatable bonds is 6. The third kappa shape index (κ3) is 4.00. The standard InChI is InChI=1S/C21H26N2O3/c1-14(2)10-11-26-15-8-9-17(19(24)12-15)21-18(13-22-23-21)16-6-4-5-7-20(16)25-3/h4-10,12,18,21-24H,11,13H2,1-3H3. The lowest BCUT2D eigenvalue weighted by Gasteiger charge is -2.22. The van der Waals surface area contributed by atoms with Gasteiger partial charge in [0.25, 0.3) is 0 Å². The molecule has 1 aliphatic rings. The van der Waals surface area contributed by atoms with E-state index in [2.05, 4.69) is 16.9 Å². The van der Waals surface area contributed by atoms with E-state index in [9.17, 15) is 5.11 Å². The molecule has 0 spiro atoms. The van der Waals surface area contributed by atoms with E-state index in [0.717, 1.165) is 23.4 Å². The summed E-state index contributed by atoms with van der Waals surface area (Å²) in [6.07, 6.45) is 2.01. The lowest BCUT2D eigenvalue weighted by molar-refractivity contribution is 0.357. The summed E-state index contributed by atoms with van der Waals surface area (Å²) in [6, 6.07) is 13.4. The number of hydrazine groups is 1. The number of benzene rings is 2. The lowest BCUT2D eigenvalue weighted by Crippen LogP contribution is -2.25. The summed E-state index contributed by atoms with van der Waals surface area (Å²) in [5.74, 6) is 1.88. The average Bonchev–Trinajstić information content (AvgIpc) is 3.10. The van der Waals surface area contributed by atoms with Gasteiger partial charge >= 0.3 is 0 Å². The van der Waals surface area contributed by atoms with Crippen molar-refractivity contribution in [3.05, 3.63) is 65.2 Å². The summed E-state index contributed by atoms with van der Waals surface area (Å²) >= 11 is 0. The maximum Gasteiger partial charge on any atom is 0.124 e. The molecule has 0 bridgehead atoms. The van der Waals surface area contributed by atoms with Gasteiger partial charge in [-0.25, -0.2) is 5.43 Å². The minimum absolute atomic E-state index is 0.0573. The topological polar surface area (TPSA) is 62.8 Å². The van der Waals surface area contributed by atoms with Crippen molar-refractivity contribution >= 4 is 0 Å². The smallest absolute Gasteiger partial charge is 0.124 e. The number of methoxy groups -OCH3 is 1. The van der Waals surface area contributed by atoms with Crippen LogP contribution in [0.3, 0.4) is 0 Å². The van der Waals surface area contributed by atoms with Crippen LogP contribution in [0.5, 0.6) is 17.2 Å². The fourth-order valence-electron chi connectivity index (χ4n) is 3.23. The molecule has 0 saturated carbocycles. The third-order valence-electron chi connectivity index (χ3n) is 4.60. The number of allylic oxidation sites excluding steroid dienone is 1. The number of phenolic OH excluding ortho intramolecular Hbond substituents is 1. The maximum absolute atomic E-state index is 10.6. The first-order valence-corrected chi connectivity index (χ1v) is 8.80. The fourth-order valence-corrected chi connectivity index (χ4v) is 3.23. The van der Waals surface area contributed by atoms with Crippen LogP contribution in [0, 0.1) is 0 Å². The van der Waals surface area contributed by atoms with Crippen LogP contribution in [-0.2, 0) is 0 Å². The van der Waals surface area contributed by atoms with E-state index in [1.54, 1.807) is 13.2 Å². The van der Waals surface area contributed by atoms with Gasteiger partial charge in [0.05, 0.1) is 13.2 Å². The molecule has 0 aliphatic carbocycles. The molecule has 0 amide bonds. The molecule has 2 unspecified atom stereocenters. The molecule has 1 heterocycles. The van der Waals surface area contributed by atoms with Crippen LogP contribution in [0.2, 0.25) is 0 Å². The van der Waals surface area contributed by atoms with Gasteiger partial charge in [0, 0.05) is 29.7 Å². The molecule has 26 heavy (non-hydrogen) atoms. The highest BCUT2D eigenvalue weighted by Crippen LogP contribution is 2.41. The Morgan fingerprint density at radius 1 is 1.19 bits per heavy atom. The largest absolute Gasteiger partial charge is 0.507 e. The quantitative estimate of drug-likeness (QED) is 0.691. The fraction of sp³-hybridized carbons (Fsp3) is 0.333. The summed E-state index contributed by atoms with van der Waals surface area (Å²) in [6.45, 7) is 5.30. The van der Waals surface area contributed by atoms with Crippen LogP contribution in [0.4, 0.5) is 0 Å². The molecule has 138 valence electrons. The van der Waals surface area contributed by atoms with Gasteiger partial charge in [0.1, 0.15) is 23.9 Å². The van der Waals surface area contributed by atoms with Crippen LogP contribution < -0.4 is 20.3 Å². The number of hydrogen-bond donors (Lipinski definition) is 3. The molecule has 1 aliphatic heterocycles. The van der Waals surface area contributed by atoms with Crippen molar-refractivity contribution in [1.29, 1.82) is 0 Å². The lowest BCUT2D eigenvalue weighted by atomic mass is 9.87. The summed E-state index contributed by atoms with van der Waals surface area (Å²) in [5.41, 5.74) is 9.63. The van der Waals surface area contributed by atoms with Crippen molar-refractivity contribution in [3.8, 4) is 17.2 Å². The van der Waals surface area contributed by atoms with E-state index < -0.39 is 0 Å². The van der Waals surface area contributed by atoms with Gasteiger partial charge < -0.3 is 14.6 Å². The van der Waals surface area contributed by atoms with Gasteiger partial charge in [-0.05, 0) is 32.1 Å². The SMILES string of the molecule is COc1ccccc1C1CNNC1c1ccc(OCC=C(C)C)cc1O. The van der Waals surface area contributed by atoms with Gasteiger partial charge in [-0.2, -0.15) is 0 Å². The van der Waals surface area contributed by atoms with Crippen molar-refractivity contribution in [2.75, 3.05) is 20.3 Å². The van der Waals surface area contributed by atoms with E-state index in [1.165, 1.54) is 5.57 Å². The molecule has 0 radical (unpaired) electrons. The Labute approximate surface area is 154 Å². The normalized spacial score (nSPS) is 19.2. The van der Waals surface area contributed by atoms with Crippen molar-refractivity contribution in [2.45, 2.75) is 25.8 Å². The van der Waals surface area contributed by atoms with Crippen molar-refractivity contribution in [3.63, 3.8) is 0 Å². The molecule has 2 aromatic carbocycles. The van der Waals surface area contributed by atoms with Crippen LogP contribution in [0.15, 0.2) is 54.1 Å². The number of para-hydroxylation sites is 1. The molecule has 2 aromatic rings. The summed E-state index contributed by atoms with van der Waals surface area (Å²) < 4.78 is 11.2. The summed E-state index contributed by atoms with van der Waals surface area (Å²) in [4.78, 5) is 0. The molecule has 5 nitrogen and oxygen atoms in total. The summed E-state index contributed by atoms with van der Waals surface area (Å²) in [7, 11) is 1.68. The second-order valence-corrected chi connectivity index (χ2v) is 6.66. The second kappa shape index (κ2) is 8.25. The molecule has 2 atom stereocenters. The Balaban J connectivity index is 1.82. The Morgan fingerprint density at radius 3 is 2.73 bits per heavy atom. The van der Waals surface area contributed by atoms with Crippen molar-refractivity contribution in [1.82, 2.24) is 10.9 Å². The molecule has 1 saturated heterocycles. The first-order chi connectivity index (χ1) is 12.6. The highest BCUT2D eigenvalue weighted by atomic mass is 16.5. The van der Waals surface area contributed by atoms with Crippen LogP contribution in [0.1, 0.15) is 36.9 Å². The van der Waals surface area contributed by atoms with Crippen molar-refractivity contribution in [2.24, 2.45) is 0 Å². The third-order valence-corrected chi connectivity index (χ3v) is 4.60. The van der Waals surface area contributed by atoms with Gasteiger partial charge in [-0.3, -0.25) is 5.43 Å². The zero-order valence-corrected chi connectivity index (χ0v) is 15.5. The maximum atomic E-state index is 10.6. The van der Waals surface area contributed by atoms with E-state index in [0.29, 0.717) is 12.4 Å². The van der Waals surface area contributed by atoms with E-state index in [-0.39, 0.29) is 17.7 Å². The van der Waals surface area contributed by atoms with Crippen LogP contribution >= 0.6 is 0 Å². The zero-order valence-electron chi connectivity index (χ0n) is 15.5. The minimum atomic E-state index is -0.0573. The number of ether oxygens (including phenoxy) is 2. The number of hydrogen-bond acceptors (Lipinski definition) is 5. The highest BCUT2D eigenvalue weighted by molar-refractivity contribution is 5.46. The molecule has 5 heteroatoms. The van der Waals surface area contributed by atoms with Gasteiger partial charge in [0.15, 0.2) is 0 Å². The first kappa shape index (κ1) is 18.3. The van der Waals surface area contributed by atoms with E-state index in [1.807, 2.05) is 50.3 Å². The van der Waals surface area contributed by atoms with Crippen molar-refractivity contribution < 1.29 is 14.6 Å². The molecular formula is C21H26N2O3. The van der Waals surface area contributed by atoms with Gasteiger partial charge in [-0.1, -0.05) is 29.8 Å².